The van der Waals surface area contributed by atoms with Crippen molar-refractivity contribution < 1.29 is 14.3 Å². The lowest BCUT2D eigenvalue weighted by molar-refractivity contribution is -0.119. The molecule has 0 aromatic rings. The summed E-state index contributed by atoms with van der Waals surface area (Å²) in [5, 5.41) is 2.98. The number of fused-ring (bicyclic) bond motifs is 1. The maximum Gasteiger partial charge on any atom is 0.410 e. The molecular weight excluding hydrogens is 244 g/mol. The number of hydrogen-bond acceptors (Lipinski definition) is 3. The Morgan fingerprint density at radius 2 is 1.68 bits per heavy atom. The Hall–Kier alpha value is -1.26. The van der Waals surface area contributed by atoms with Crippen LogP contribution in [0.25, 0.3) is 0 Å². The van der Waals surface area contributed by atoms with Crippen LogP contribution in [0.1, 0.15) is 40.5 Å². The summed E-state index contributed by atoms with van der Waals surface area (Å²) < 4.78 is 5.40. The third kappa shape index (κ3) is 3.61. The highest BCUT2D eigenvalue weighted by Gasteiger charge is 2.43. The maximum atomic E-state index is 12.0. The molecule has 1 saturated heterocycles. The molecular formula is C14H24N2O3. The van der Waals surface area contributed by atoms with Gasteiger partial charge in [0.2, 0.25) is 5.91 Å². The van der Waals surface area contributed by atoms with Gasteiger partial charge in [0.05, 0.1) is 0 Å². The standard InChI is InChI=1S/C14H24N2O3/c1-9(17)15-12-5-10-7-16(8-11(10)6-12)13(18)19-14(2,3)4/h10-12H,5-8H2,1-4H3,(H,15,17)/t10-,11+,12?. The van der Waals surface area contributed by atoms with Gasteiger partial charge in [-0.25, -0.2) is 4.79 Å². The van der Waals surface area contributed by atoms with Crippen molar-refractivity contribution in [2.45, 2.75) is 52.2 Å². The van der Waals surface area contributed by atoms with E-state index in [4.69, 9.17) is 4.74 Å². The van der Waals surface area contributed by atoms with Crippen molar-refractivity contribution in [3.8, 4) is 0 Å². The van der Waals surface area contributed by atoms with E-state index in [9.17, 15) is 9.59 Å². The number of nitrogens with zero attached hydrogens (tertiary/aromatic N) is 1. The zero-order chi connectivity index (χ0) is 14.2. The van der Waals surface area contributed by atoms with Crippen LogP contribution in [0.2, 0.25) is 0 Å². The minimum absolute atomic E-state index is 0.0361. The van der Waals surface area contributed by atoms with Crippen molar-refractivity contribution in [2.24, 2.45) is 11.8 Å². The zero-order valence-corrected chi connectivity index (χ0v) is 12.2. The lowest BCUT2D eigenvalue weighted by atomic mass is 10.0. The predicted octanol–water partition coefficient (Wildman–Crippen LogP) is 1.77. The van der Waals surface area contributed by atoms with Gasteiger partial charge in [0.25, 0.3) is 0 Å². The molecule has 1 aliphatic heterocycles. The van der Waals surface area contributed by atoms with Crippen molar-refractivity contribution in [2.75, 3.05) is 13.1 Å². The molecule has 0 aromatic heterocycles. The number of likely N-dealkylation sites (tertiary alicyclic amines) is 1. The van der Waals surface area contributed by atoms with Gasteiger partial charge in [-0.3, -0.25) is 4.79 Å². The van der Waals surface area contributed by atoms with Gasteiger partial charge in [-0.2, -0.15) is 0 Å². The predicted molar refractivity (Wildman–Crippen MR) is 71.6 cm³/mol. The molecule has 0 aromatic carbocycles. The molecule has 2 fully saturated rings. The fraction of sp³-hybridized carbons (Fsp3) is 0.857. The first kappa shape index (κ1) is 14.2. The van der Waals surface area contributed by atoms with Crippen LogP contribution in [0.3, 0.4) is 0 Å². The number of carbonyl (C=O) groups is 2. The van der Waals surface area contributed by atoms with Crippen molar-refractivity contribution >= 4 is 12.0 Å². The second kappa shape index (κ2) is 5.02. The highest BCUT2D eigenvalue weighted by molar-refractivity contribution is 5.73. The Labute approximate surface area is 114 Å². The van der Waals surface area contributed by atoms with E-state index in [1.807, 2.05) is 25.7 Å². The largest absolute Gasteiger partial charge is 0.444 e. The second-order valence-corrected chi connectivity index (χ2v) is 6.77. The number of amides is 2. The van der Waals surface area contributed by atoms with Crippen LogP contribution in [0.15, 0.2) is 0 Å². The van der Waals surface area contributed by atoms with Crippen LogP contribution in [-0.2, 0) is 9.53 Å². The van der Waals surface area contributed by atoms with Crippen molar-refractivity contribution in [3.05, 3.63) is 0 Å². The molecule has 0 radical (unpaired) electrons. The topological polar surface area (TPSA) is 58.6 Å². The number of hydrogen-bond donors (Lipinski definition) is 1. The Balaban J connectivity index is 1.84. The van der Waals surface area contributed by atoms with E-state index in [0.29, 0.717) is 11.8 Å². The smallest absolute Gasteiger partial charge is 0.410 e. The molecule has 1 heterocycles. The second-order valence-electron chi connectivity index (χ2n) is 6.77. The van der Waals surface area contributed by atoms with Gasteiger partial charge in [-0.15, -0.1) is 0 Å². The zero-order valence-electron chi connectivity index (χ0n) is 12.2. The highest BCUT2D eigenvalue weighted by Crippen LogP contribution is 2.38. The summed E-state index contributed by atoms with van der Waals surface area (Å²) in [5.41, 5.74) is -0.437. The van der Waals surface area contributed by atoms with Gasteiger partial charge >= 0.3 is 6.09 Å². The summed E-state index contributed by atoms with van der Waals surface area (Å²) in [4.78, 5) is 24.8. The van der Waals surface area contributed by atoms with Gasteiger partial charge in [-0.1, -0.05) is 0 Å². The van der Waals surface area contributed by atoms with Crippen molar-refractivity contribution in [3.63, 3.8) is 0 Å². The number of ether oxygens (including phenoxy) is 1. The van der Waals surface area contributed by atoms with Gasteiger partial charge in [-0.05, 0) is 45.4 Å². The van der Waals surface area contributed by atoms with E-state index < -0.39 is 5.60 Å². The molecule has 19 heavy (non-hydrogen) atoms. The Morgan fingerprint density at radius 1 is 1.16 bits per heavy atom. The number of rotatable bonds is 1. The van der Waals surface area contributed by atoms with E-state index in [-0.39, 0.29) is 18.0 Å². The molecule has 108 valence electrons. The number of carbonyl (C=O) groups excluding carboxylic acids is 2. The molecule has 1 aliphatic carbocycles. The highest BCUT2D eigenvalue weighted by atomic mass is 16.6. The fourth-order valence-corrected chi connectivity index (χ4v) is 3.18. The summed E-state index contributed by atoms with van der Waals surface area (Å²) in [6, 6.07) is 0.285. The van der Waals surface area contributed by atoms with Crippen LogP contribution >= 0.6 is 0 Å². The SMILES string of the molecule is CC(=O)NC1C[C@@H]2CN(C(=O)OC(C)(C)C)C[C@@H]2C1. The van der Waals surface area contributed by atoms with Crippen molar-refractivity contribution in [1.29, 1.82) is 0 Å². The third-order valence-electron chi connectivity index (χ3n) is 3.81. The van der Waals surface area contributed by atoms with Crippen LogP contribution in [0.4, 0.5) is 4.79 Å². The first-order chi connectivity index (χ1) is 8.74. The molecule has 0 spiro atoms. The molecule has 2 rings (SSSR count). The van der Waals surface area contributed by atoms with Gasteiger partial charge in [0.1, 0.15) is 5.60 Å². The molecule has 1 N–H and O–H groups in total. The van der Waals surface area contributed by atoms with E-state index in [2.05, 4.69) is 5.32 Å². The van der Waals surface area contributed by atoms with Gasteiger partial charge < -0.3 is 15.0 Å². The van der Waals surface area contributed by atoms with Gasteiger partial charge in [0, 0.05) is 26.1 Å². The van der Waals surface area contributed by atoms with Crippen LogP contribution in [0.5, 0.6) is 0 Å². The summed E-state index contributed by atoms with van der Waals surface area (Å²) in [6.45, 7) is 8.73. The molecule has 0 bridgehead atoms. The number of nitrogens with one attached hydrogen (secondary N) is 1. The average molecular weight is 268 g/mol. The van der Waals surface area contributed by atoms with E-state index >= 15 is 0 Å². The van der Waals surface area contributed by atoms with Crippen LogP contribution < -0.4 is 5.32 Å². The summed E-state index contributed by atoms with van der Waals surface area (Å²) >= 11 is 0. The quantitative estimate of drug-likeness (QED) is 0.788. The summed E-state index contributed by atoms with van der Waals surface area (Å²) in [7, 11) is 0. The third-order valence-corrected chi connectivity index (χ3v) is 3.81. The Morgan fingerprint density at radius 3 is 2.11 bits per heavy atom. The summed E-state index contributed by atoms with van der Waals surface area (Å²) in [5.74, 6) is 1.04. The summed E-state index contributed by atoms with van der Waals surface area (Å²) in [6.07, 6.45) is 1.74. The average Bonchev–Trinajstić information content (AvgIpc) is 2.70. The minimum atomic E-state index is -0.437. The Bertz CT molecular complexity index is 361. The first-order valence-electron chi connectivity index (χ1n) is 6.99. The molecule has 5 heteroatoms. The molecule has 3 atom stereocenters. The maximum absolute atomic E-state index is 12.0. The molecule has 1 saturated carbocycles. The normalized spacial score (nSPS) is 30.1. The van der Waals surface area contributed by atoms with Crippen LogP contribution in [0, 0.1) is 11.8 Å². The van der Waals surface area contributed by atoms with E-state index in [1.165, 1.54) is 0 Å². The monoisotopic (exact) mass is 268 g/mol. The fourth-order valence-electron chi connectivity index (χ4n) is 3.18. The van der Waals surface area contributed by atoms with Crippen molar-refractivity contribution in [1.82, 2.24) is 10.2 Å². The molecule has 2 aliphatic rings. The minimum Gasteiger partial charge on any atom is -0.444 e. The molecule has 5 nitrogen and oxygen atoms in total. The lowest BCUT2D eigenvalue weighted by Gasteiger charge is -2.25. The first-order valence-corrected chi connectivity index (χ1v) is 6.99. The molecule has 1 unspecified atom stereocenters. The van der Waals surface area contributed by atoms with Crippen LogP contribution in [-0.4, -0.2) is 41.6 Å². The Kier molecular flexibility index (Phi) is 3.74. The van der Waals surface area contributed by atoms with Gasteiger partial charge in [0.15, 0.2) is 0 Å². The lowest BCUT2D eigenvalue weighted by Crippen LogP contribution is -2.37. The molecule has 2 amide bonds. The van der Waals surface area contributed by atoms with E-state index in [0.717, 1.165) is 25.9 Å². The van der Waals surface area contributed by atoms with E-state index in [1.54, 1.807) is 6.92 Å².